The van der Waals surface area contributed by atoms with Gasteiger partial charge >= 0.3 is 11.9 Å². The van der Waals surface area contributed by atoms with Crippen LogP contribution >= 0.6 is 15.9 Å². The van der Waals surface area contributed by atoms with Crippen molar-refractivity contribution in [3.63, 3.8) is 0 Å². The number of hydrogen-bond donors (Lipinski definition) is 0. The van der Waals surface area contributed by atoms with E-state index in [-0.39, 0.29) is 12.8 Å². The van der Waals surface area contributed by atoms with Crippen molar-refractivity contribution in [1.82, 2.24) is 0 Å². The van der Waals surface area contributed by atoms with Gasteiger partial charge in [0.15, 0.2) is 11.5 Å². The molecule has 1 aromatic carbocycles. The van der Waals surface area contributed by atoms with Gasteiger partial charge in [0.2, 0.25) is 0 Å². The minimum absolute atomic E-state index is 0.00831. The van der Waals surface area contributed by atoms with Gasteiger partial charge in [-0.25, -0.2) is 0 Å². The zero-order valence-electron chi connectivity index (χ0n) is 10.8. The molecule has 5 nitrogen and oxygen atoms in total. The highest BCUT2D eigenvalue weighted by atomic mass is 79.9. The first-order valence-electron chi connectivity index (χ1n) is 5.61. The predicted octanol–water partition coefficient (Wildman–Crippen LogP) is 2.10. The van der Waals surface area contributed by atoms with Crippen LogP contribution in [0.4, 0.5) is 0 Å². The topological polar surface area (TPSA) is 61.8 Å². The number of carbonyl (C=O) groups is 2. The van der Waals surface area contributed by atoms with E-state index in [9.17, 15) is 9.59 Å². The molecule has 0 spiro atoms. The van der Waals surface area contributed by atoms with Gasteiger partial charge in [-0.15, -0.1) is 0 Å². The molecule has 0 radical (unpaired) electrons. The minimum Gasteiger partial charge on any atom is -0.493 e. The van der Waals surface area contributed by atoms with Crippen LogP contribution in [0.1, 0.15) is 12.0 Å². The van der Waals surface area contributed by atoms with Crippen LogP contribution in [0.2, 0.25) is 0 Å². The van der Waals surface area contributed by atoms with E-state index in [0.717, 1.165) is 0 Å². The standard InChI is InChI=1S/C13H15BrO5/c1-17-10-4-3-9(7-11(10)18-2)8-13(16)19-12(15)5-6-14/h3-4,7H,5-6,8H2,1-2H3. The Bertz CT molecular complexity index is 458. The minimum atomic E-state index is -0.585. The van der Waals surface area contributed by atoms with Crippen LogP contribution in [-0.2, 0) is 20.7 Å². The van der Waals surface area contributed by atoms with E-state index in [2.05, 4.69) is 20.7 Å². The van der Waals surface area contributed by atoms with Gasteiger partial charge in [0.1, 0.15) is 0 Å². The Labute approximate surface area is 120 Å². The fraction of sp³-hybridized carbons (Fsp3) is 0.385. The lowest BCUT2D eigenvalue weighted by molar-refractivity contribution is -0.158. The Morgan fingerprint density at radius 1 is 1.11 bits per heavy atom. The molecule has 0 atom stereocenters. The molecule has 0 saturated carbocycles. The second-order valence-electron chi connectivity index (χ2n) is 3.65. The third-order valence-electron chi connectivity index (χ3n) is 2.32. The van der Waals surface area contributed by atoms with Crippen molar-refractivity contribution in [2.75, 3.05) is 19.5 Å². The van der Waals surface area contributed by atoms with Gasteiger partial charge in [-0.2, -0.15) is 0 Å². The van der Waals surface area contributed by atoms with Gasteiger partial charge in [0, 0.05) is 5.33 Å². The van der Waals surface area contributed by atoms with E-state index in [4.69, 9.17) is 9.47 Å². The Morgan fingerprint density at radius 2 is 1.79 bits per heavy atom. The second-order valence-corrected chi connectivity index (χ2v) is 4.44. The van der Waals surface area contributed by atoms with E-state index in [0.29, 0.717) is 22.4 Å². The molecule has 1 rings (SSSR count). The number of hydrogen-bond acceptors (Lipinski definition) is 5. The van der Waals surface area contributed by atoms with E-state index >= 15 is 0 Å². The monoisotopic (exact) mass is 330 g/mol. The highest BCUT2D eigenvalue weighted by Gasteiger charge is 2.12. The number of esters is 2. The SMILES string of the molecule is COc1ccc(CC(=O)OC(=O)CCBr)cc1OC. The molecule has 0 saturated heterocycles. The molecule has 0 aliphatic rings. The van der Waals surface area contributed by atoms with Crippen molar-refractivity contribution in [3.8, 4) is 11.5 Å². The van der Waals surface area contributed by atoms with Crippen LogP contribution < -0.4 is 9.47 Å². The smallest absolute Gasteiger partial charge is 0.317 e. The first kappa shape index (κ1) is 15.5. The first-order valence-corrected chi connectivity index (χ1v) is 6.73. The van der Waals surface area contributed by atoms with Crippen LogP contribution in [0, 0.1) is 0 Å². The highest BCUT2D eigenvalue weighted by molar-refractivity contribution is 9.09. The van der Waals surface area contributed by atoms with E-state index in [1.54, 1.807) is 18.2 Å². The third-order valence-corrected chi connectivity index (χ3v) is 2.72. The lowest BCUT2D eigenvalue weighted by atomic mass is 10.1. The van der Waals surface area contributed by atoms with Gasteiger partial charge in [0.05, 0.1) is 27.1 Å². The summed E-state index contributed by atoms with van der Waals surface area (Å²) in [5, 5.41) is 0.468. The molecule has 0 aliphatic heterocycles. The molecule has 0 fully saturated rings. The lowest BCUT2D eigenvalue weighted by Crippen LogP contribution is -2.14. The number of rotatable bonds is 6. The maximum Gasteiger partial charge on any atom is 0.317 e. The number of carbonyl (C=O) groups excluding carboxylic acids is 2. The molecule has 6 heteroatoms. The van der Waals surface area contributed by atoms with Crippen molar-refractivity contribution in [2.45, 2.75) is 12.8 Å². The summed E-state index contributed by atoms with van der Waals surface area (Å²) in [6.07, 6.45) is 0.173. The maximum absolute atomic E-state index is 11.5. The summed E-state index contributed by atoms with van der Waals surface area (Å²) in [5.41, 5.74) is 0.689. The van der Waals surface area contributed by atoms with Crippen molar-refractivity contribution < 1.29 is 23.8 Å². The van der Waals surface area contributed by atoms with Gasteiger partial charge in [-0.05, 0) is 17.7 Å². The molecule has 0 heterocycles. The van der Waals surface area contributed by atoms with Gasteiger partial charge in [0.25, 0.3) is 0 Å². The average Bonchev–Trinajstić information content (AvgIpc) is 2.38. The Hall–Kier alpha value is -1.56. The molecule has 0 N–H and O–H groups in total. The van der Waals surface area contributed by atoms with E-state index in [1.165, 1.54) is 14.2 Å². The molecule has 104 valence electrons. The van der Waals surface area contributed by atoms with Crippen LogP contribution in [0.5, 0.6) is 11.5 Å². The summed E-state index contributed by atoms with van der Waals surface area (Å²) in [6.45, 7) is 0. The van der Waals surface area contributed by atoms with Crippen molar-refractivity contribution in [2.24, 2.45) is 0 Å². The van der Waals surface area contributed by atoms with Crippen LogP contribution in [0.3, 0.4) is 0 Å². The summed E-state index contributed by atoms with van der Waals surface area (Å²) in [4.78, 5) is 22.7. The van der Waals surface area contributed by atoms with Crippen LogP contribution in [0.25, 0.3) is 0 Å². The number of ether oxygens (including phenoxy) is 3. The quantitative estimate of drug-likeness (QED) is 0.454. The van der Waals surface area contributed by atoms with E-state index < -0.39 is 11.9 Å². The number of alkyl halides is 1. The molecule has 0 unspecified atom stereocenters. The zero-order valence-corrected chi connectivity index (χ0v) is 12.4. The fourth-order valence-electron chi connectivity index (χ4n) is 1.45. The van der Waals surface area contributed by atoms with Gasteiger partial charge in [-0.1, -0.05) is 22.0 Å². The normalized spacial score (nSPS) is 9.84. The number of benzene rings is 1. The lowest BCUT2D eigenvalue weighted by Gasteiger charge is -2.09. The summed E-state index contributed by atoms with van der Waals surface area (Å²) >= 11 is 3.10. The van der Waals surface area contributed by atoms with Crippen molar-refractivity contribution in [1.29, 1.82) is 0 Å². The molecular formula is C13H15BrO5. The summed E-state index contributed by atoms with van der Waals surface area (Å²) in [7, 11) is 3.05. The summed E-state index contributed by atoms with van der Waals surface area (Å²) in [5.74, 6) is -0.0184. The van der Waals surface area contributed by atoms with Gasteiger partial charge in [-0.3, -0.25) is 9.59 Å². The number of halogens is 1. The zero-order chi connectivity index (χ0) is 14.3. The van der Waals surface area contributed by atoms with Crippen LogP contribution in [0.15, 0.2) is 18.2 Å². The Morgan fingerprint density at radius 3 is 2.37 bits per heavy atom. The molecule has 0 aliphatic carbocycles. The van der Waals surface area contributed by atoms with Gasteiger partial charge < -0.3 is 14.2 Å². The molecular weight excluding hydrogens is 316 g/mol. The highest BCUT2D eigenvalue weighted by Crippen LogP contribution is 2.27. The molecule has 0 amide bonds. The van der Waals surface area contributed by atoms with E-state index in [1.807, 2.05) is 0 Å². The number of methoxy groups -OCH3 is 2. The molecule has 0 bridgehead atoms. The first-order chi connectivity index (χ1) is 9.10. The molecule has 0 aromatic heterocycles. The summed E-state index contributed by atoms with van der Waals surface area (Å²) < 4.78 is 14.9. The van der Waals surface area contributed by atoms with Crippen molar-refractivity contribution in [3.05, 3.63) is 23.8 Å². The summed E-state index contributed by atoms with van der Waals surface area (Å²) in [6, 6.07) is 5.09. The average molecular weight is 331 g/mol. The van der Waals surface area contributed by atoms with Crippen LogP contribution in [-0.4, -0.2) is 31.5 Å². The Kier molecular flexibility index (Phi) is 6.35. The molecule has 1 aromatic rings. The molecule has 19 heavy (non-hydrogen) atoms. The second kappa shape index (κ2) is 7.78. The van der Waals surface area contributed by atoms with Crippen molar-refractivity contribution >= 4 is 27.9 Å². The predicted molar refractivity (Wildman–Crippen MR) is 72.8 cm³/mol. The maximum atomic E-state index is 11.5. The fourth-order valence-corrected chi connectivity index (χ4v) is 1.77. The largest absolute Gasteiger partial charge is 0.493 e. The third kappa shape index (κ3) is 4.90. The Balaban J connectivity index is 2.66.